The molecule has 0 saturated heterocycles. The van der Waals surface area contributed by atoms with Gasteiger partial charge in [-0.2, -0.15) is 0 Å². The maximum Gasteiger partial charge on any atom is 0.0469 e. The Morgan fingerprint density at radius 1 is 1.00 bits per heavy atom. The highest BCUT2D eigenvalue weighted by Gasteiger charge is 2.13. The molecule has 0 aliphatic carbocycles. The molecule has 2 unspecified atom stereocenters. The zero-order chi connectivity index (χ0) is 13.1. The van der Waals surface area contributed by atoms with Crippen LogP contribution in [0, 0.1) is 11.8 Å². The van der Waals surface area contributed by atoms with Gasteiger partial charge in [-0.15, -0.1) is 0 Å². The van der Waals surface area contributed by atoms with Crippen molar-refractivity contribution < 1.29 is 4.74 Å². The van der Waals surface area contributed by atoms with E-state index in [1.807, 2.05) is 0 Å². The van der Waals surface area contributed by atoms with Gasteiger partial charge in [-0.3, -0.25) is 0 Å². The molecule has 2 atom stereocenters. The monoisotopic (exact) mass is 243 g/mol. The van der Waals surface area contributed by atoms with Gasteiger partial charge in [0.05, 0.1) is 0 Å². The van der Waals surface area contributed by atoms with Crippen LogP contribution in [-0.2, 0) is 4.74 Å². The number of nitrogens with one attached hydrogen (secondary N) is 1. The van der Waals surface area contributed by atoms with Crippen LogP contribution in [0.5, 0.6) is 0 Å². The smallest absolute Gasteiger partial charge is 0.0469 e. The summed E-state index contributed by atoms with van der Waals surface area (Å²) in [5, 5.41) is 3.62. The van der Waals surface area contributed by atoms with Gasteiger partial charge in [0.15, 0.2) is 0 Å². The van der Waals surface area contributed by atoms with Crippen molar-refractivity contribution >= 4 is 0 Å². The predicted octanol–water partition coefficient (Wildman–Crippen LogP) is 3.85. The quantitative estimate of drug-likeness (QED) is 0.556. The third-order valence-corrected chi connectivity index (χ3v) is 3.34. The standard InChI is InChI=1S/C15H33NO/c1-6-10-16-15(7-2)14(5)9-12-17-11-8-13(3)4/h13-16H,6-12H2,1-5H3. The number of hydrogen-bond acceptors (Lipinski definition) is 2. The largest absolute Gasteiger partial charge is 0.381 e. The molecule has 17 heavy (non-hydrogen) atoms. The van der Waals surface area contributed by atoms with E-state index in [4.69, 9.17) is 4.74 Å². The van der Waals surface area contributed by atoms with Gasteiger partial charge in [0.2, 0.25) is 0 Å². The molecule has 0 rings (SSSR count). The van der Waals surface area contributed by atoms with Crippen molar-refractivity contribution in [3.05, 3.63) is 0 Å². The first-order valence-electron chi connectivity index (χ1n) is 7.42. The highest BCUT2D eigenvalue weighted by molar-refractivity contribution is 4.71. The van der Waals surface area contributed by atoms with Gasteiger partial charge in [-0.05, 0) is 44.1 Å². The minimum absolute atomic E-state index is 0.656. The van der Waals surface area contributed by atoms with E-state index in [-0.39, 0.29) is 0 Å². The van der Waals surface area contributed by atoms with Crippen molar-refractivity contribution in [1.29, 1.82) is 0 Å². The van der Waals surface area contributed by atoms with Gasteiger partial charge >= 0.3 is 0 Å². The zero-order valence-electron chi connectivity index (χ0n) is 12.6. The van der Waals surface area contributed by atoms with Crippen LogP contribution < -0.4 is 5.32 Å². The summed E-state index contributed by atoms with van der Waals surface area (Å²) in [4.78, 5) is 0. The van der Waals surface area contributed by atoms with Crippen LogP contribution in [0.15, 0.2) is 0 Å². The molecule has 0 saturated carbocycles. The Morgan fingerprint density at radius 2 is 1.65 bits per heavy atom. The summed E-state index contributed by atoms with van der Waals surface area (Å²) in [6.07, 6.45) is 4.79. The fourth-order valence-electron chi connectivity index (χ4n) is 1.97. The summed E-state index contributed by atoms with van der Waals surface area (Å²) in [7, 11) is 0. The average Bonchev–Trinajstić information content (AvgIpc) is 2.29. The predicted molar refractivity (Wildman–Crippen MR) is 76.4 cm³/mol. The minimum Gasteiger partial charge on any atom is -0.381 e. The molecule has 2 nitrogen and oxygen atoms in total. The summed E-state index contributed by atoms with van der Waals surface area (Å²) in [6.45, 7) is 14.3. The van der Waals surface area contributed by atoms with E-state index < -0.39 is 0 Å². The van der Waals surface area contributed by atoms with Crippen molar-refractivity contribution in [3.63, 3.8) is 0 Å². The molecule has 0 aliphatic rings. The van der Waals surface area contributed by atoms with Crippen LogP contribution >= 0.6 is 0 Å². The van der Waals surface area contributed by atoms with Crippen LogP contribution in [-0.4, -0.2) is 25.8 Å². The molecular weight excluding hydrogens is 210 g/mol. The molecule has 0 aromatic carbocycles. The van der Waals surface area contributed by atoms with E-state index in [1.54, 1.807) is 0 Å². The molecule has 0 radical (unpaired) electrons. The lowest BCUT2D eigenvalue weighted by atomic mass is 9.96. The van der Waals surface area contributed by atoms with E-state index in [2.05, 4.69) is 39.9 Å². The summed E-state index contributed by atoms with van der Waals surface area (Å²) in [5.41, 5.74) is 0. The second-order valence-corrected chi connectivity index (χ2v) is 5.53. The molecule has 1 N–H and O–H groups in total. The number of ether oxygens (including phenoxy) is 1. The third-order valence-electron chi connectivity index (χ3n) is 3.34. The second kappa shape index (κ2) is 11.0. The maximum atomic E-state index is 5.69. The molecule has 0 aromatic rings. The Morgan fingerprint density at radius 3 is 2.18 bits per heavy atom. The van der Waals surface area contributed by atoms with E-state index in [0.717, 1.165) is 25.7 Å². The molecule has 0 amide bonds. The van der Waals surface area contributed by atoms with E-state index in [1.165, 1.54) is 25.7 Å². The second-order valence-electron chi connectivity index (χ2n) is 5.53. The molecule has 0 aromatic heterocycles. The highest BCUT2D eigenvalue weighted by Crippen LogP contribution is 2.12. The Kier molecular flexibility index (Phi) is 11.0. The fourth-order valence-corrected chi connectivity index (χ4v) is 1.97. The first kappa shape index (κ1) is 16.9. The van der Waals surface area contributed by atoms with Crippen LogP contribution in [0.4, 0.5) is 0 Å². The Bertz CT molecular complexity index is 159. The van der Waals surface area contributed by atoms with Crippen molar-refractivity contribution in [3.8, 4) is 0 Å². The Hall–Kier alpha value is -0.0800. The summed E-state index contributed by atoms with van der Waals surface area (Å²) in [6, 6.07) is 0.656. The lowest BCUT2D eigenvalue weighted by Crippen LogP contribution is -2.35. The summed E-state index contributed by atoms with van der Waals surface area (Å²) >= 11 is 0. The van der Waals surface area contributed by atoms with Crippen molar-refractivity contribution in [1.82, 2.24) is 5.32 Å². The molecular formula is C15H33NO. The fraction of sp³-hybridized carbons (Fsp3) is 1.00. The molecule has 0 aliphatic heterocycles. The van der Waals surface area contributed by atoms with Crippen LogP contribution in [0.3, 0.4) is 0 Å². The van der Waals surface area contributed by atoms with Crippen LogP contribution in [0.2, 0.25) is 0 Å². The topological polar surface area (TPSA) is 21.3 Å². The lowest BCUT2D eigenvalue weighted by molar-refractivity contribution is 0.107. The van der Waals surface area contributed by atoms with Crippen molar-refractivity contribution in [2.24, 2.45) is 11.8 Å². The van der Waals surface area contributed by atoms with Gasteiger partial charge in [0.25, 0.3) is 0 Å². The third kappa shape index (κ3) is 9.61. The van der Waals surface area contributed by atoms with Crippen molar-refractivity contribution in [2.75, 3.05) is 19.8 Å². The first-order valence-corrected chi connectivity index (χ1v) is 7.42. The Labute approximate surface area is 109 Å². The van der Waals surface area contributed by atoms with Gasteiger partial charge in [0.1, 0.15) is 0 Å². The molecule has 2 heteroatoms. The first-order chi connectivity index (χ1) is 8.11. The molecule has 0 heterocycles. The molecule has 0 bridgehead atoms. The van der Waals surface area contributed by atoms with Gasteiger partial charge in [-0.1, -0.05) is 34.6 Å². The van der Waals surface area contributed by atoms with Gasteiger partial charge < -0.3 is 10.1 Å². The van der Waals surface area contributed by atoms with Crippen molar-refractivity contribution in [2.45, 2.75) is 66.3 Å². The normalized spacial score (nSPS) is 15.2. The maximum absolute atomic E-state index is 5.69. The van der Waals surface area contributed by atoms with Gasteiger partial charge in [-0.25, -0.2) is 0 Å². The van der Waals surface area contributed by atoms with Crippen LogP contribution in [0.1, 0.15) is 60.3 Å². The summed E-state index contributed by atoms with van der Waals surface area (Å²) in [5.74, 6) is 1.47. The van der Waals surface area contributed by atoms with E-state index >= 15 is 0 Å². The SMILES string of the molecule is CCCNC(CC)C(C)CCOCCC(C)C. The zero-order valence-corrected chi connectivity index (χ0v) is 12.6. The molecule has 0 spiro atoms. The lowest BCUT2D eigenvalue weighted by Gasteiger charge is -2.24. The summed E-state index contributed by atoms with van der Waals surface area (Å²) < 4.78 is 5.69. The average molecular weight is 243 g/mol. The van der Waals surface area contributed by atoms with Crippen LogP contribution in [0.25, 0.3) is 0 Å². The van der Waals surface area contributed by atoms with Gasteiger partial charge in [0, 0.05) is 19.3 Å². The highest BCUT2D eigenvalue weighted by atomic mass is 16.5. The van der Waals surface area contributed by atoms with E-state index in [9.17, 15) is 0 Å². The minimum atomic E-state index is 0.656. The number of rotatable bonds is 11. The Balaban J connectivity index is 3.56. The molecule has 0 fully saturated rings. The number of hydrogen-bond donors (Lipinski definition) is 1. The van der Waals surface area contributed by atoms with E-state index in [0.29, 0.717) is 12.0 Å². The molecule has 104 valence electrons.